The number of amides is 3. The lowest BCUT2D eigenvalue weighted by atomic mass is 9.73. The highest BCUT2D eigenvalue weighted by molar-refractivity contribution is 7.12. The summed E-state index contributed by atoms with van der Waals surface area (Å²) in [6.45, 7) is 4.65. The molecule has 32 heavy (non-hydrogen) atoms. The number of carbonyl (C=O) groups is 4. The van der Waals surface area contributed by atoms with Gasteiger partial charge in [0.25, 0.3) is 5.91 Å². The molecule has 2 fully saturated rings. The fourth-order valence-corrected chi connectivity index (χ4v) is 5.45. The van der Waals surface area contributed by atoms with Gasteiger partial charge in [-0.1, -0.05) is 19.8 Å². The van der Waals surface area contributed by atoms with Crippen molar-refractivity contribution in [2.24, 2.45) is 5.92 Å². The van der Waals surface area contributed by atoms with Gasteiger partial charge in [-0.15, -0.1) is 11.3 Å². The Morgan fingerprint density at radius 3 is 2.78 bits per heavy atom. The summed E-state index contributed by atoms with van der Waals surface area (Å²) in [5.41, 5.74) is 1.06. The molecule has 1 N–H and O–H groups in total. The minimum absolute atomic E-state index is 0.00313. The number of nitrogens with one attached hydrogen (secondary N) is 1. The Bertz CT molecular complexity index is 1080. The van der Waals surface area contributed by atoms with Crippen LogP contribution in [0.2, 0.25) is 0 Å². The number of hydrogen-bond donors (Lipinski definition) is 1. The monoisotopic (exact) mass is 458 g/mol. The van der Waals surface area contributed by atoms with E-state index in [1.807, 2.05) is 30.7 Å². The highest BCUT2D eigenvalue weighted by Gasteiger charge is 2.55. The predicted molar refractivity (Wildman–Crippen MR) is 117 cm³/mol. The fourth-order valence-electron chi connectivity index (χ4n) is 4.70. The van der Waals surface area contributed by atoms with Crippen LogP contribution in [0.3, 0.4) is 0 Å². The van der Waals surface area contributed by atoms with E-state index in [1.54, 1.807) is 12.3 Å². The lowest BCUT2D eigenvalue weighted by Crippen LogP contribution is -2.54. The van der Waals surface area contributed by atoms with E-state index >= 15 is 0 Å². The van der Waals surface area contributed by atoms with Crippen LogP contribution in [0.5, 0.6) is 0 Å². The SMILES string of the molecule is Cc1cc(C(=O)COC(=O)CN2C(=O)NC3(CCCCC3C)C2=O)c(C)n1-c1nccs1. The Kier molecular flexibility index (Phi) is 5.89. The van der Waals surface area contributed by atoms with Gasteiger partial charge in [-0.2, -0.15) is 0 Å². The van der Waals surface area contributed by atoms with Crippen molar-refractivity contribution in [3.63, 3.8) is 0 Å². The van der Waals surface area contributed by atoms with Gasteiger partial charge in [0, 0.05) is 28.5 Å². The molecule has 2 aliphatic rings. The molecule has 3 amide bonds. The number of carbonyl (C=O) groups excluding carboxylic acids is 4. The normalized spacial score (nSPS) is 23.0. The molecule has 1 aliphatic heterocycles. The molecule has 1 saturated heterocycles. The summed E-state index contributed by atoms with van der Waals surface area (Å²) in [4.78, 5) is 55.6. The van der Waals surface area contributed by atoms with E-state index in [0.717, 1.165) is 35.0 Å². The van der Waals surface area contributed by atoms with E-state index in [0.29, 0.717) is 17.7 Å². The Labute approximate surface area is 189 Å². The average Bonchev–Trinajstić information content (AvgIpc) is 3.43. The number of rotatable bonds is 6. The molecule has 2 unspecified atom stereocenters. The molecule has 1 spiro atoms. The zero-order chi connectivity index (χ0) is 23.0. The topological polar surface area (TPSA) is 111 Å². The van der Waals surface area contributed by atoms with Crippen molar-refractivity contribution in [2.75, 3.05) is 13.2 Å². The third-order valence-corrected chi connectivity index (χ3v) is 7.25. The Morgan fingerprint density at radius 1 is 1.31 bits per heavy atom. The summed E-state index contributed by atoms with van der Waals surface area (Å²) in [5, 5.41) is 5.40. The van der Waals surface area contributed by atoms with E-state index < -0.39 is 30.7 Å². The van der Waals surface area contributed by atoms with Gasteiger partial charge in [-0.25, -0.2) is 9.78 Å². The summed E-state index contributed by atoms with van der Waals surface area (Å²) >= 11 is 1.45. The zero-order valence-electron chi connectivity index (χ0n) is 18.3. The summed E-state index contributed by atoms with van der Waals surface area (Å²) < 4.78 is 7.00. The Morgan fingerprint density at radius 2 is 2.09 bits per heavy atom. The second kappa shape index (κ2) is 8.50. The molecule has 2 aromatic rings. The second-order valence-corrected chi connectivity index (χ2v) is 9.33. The first-order valence-electron chi connectivity index (χ1n) is 10.7. The minimum Gasteiger partial charge on any atom is -0.456 e. The van der Waals surface area contributed by atoms with Crippen LogP contribution in [0.4, 0.5) is 4.79 Å². The summed E-state index contributed by atoms with van der Waals surface area (Å²) in [7, 11) is 0. The molecule has 3 heterocycles. The summed E-state index contributed by atoms with van der Waals surface area (Å²) in [6.07, 6.45) is 4.97. The number of ketones is 1. The standard InChI is InChI=1S/C22H26N4O5S/c1-13-6-4-5-7-22(13)19(29)25(20(30)24-22)11-18(28)31-12-17(27)16-10-14(2)26(15(16)3)21-23-8-9-32-21/h8-10,13H,4-7,11-12H2,1-3H3,(H,24,30). The molecule has 0 bridgehead atoms. The van der Waals surface area contributed by atoms with E-state index in [2.05, 4.69) is 10.3 Å². The molecule has 10 heteroatoms. The lowest BCUT2D eigenvalue weighted by molar-refractivity contribution is -0.147. The summed E-state index contributed by atoms with van der Waals surface area (Å²) in [6, 6.07) is 1.15. The highest BCUT2D eigenvalue weighted by Crippen LogP contribution is 2.38. The van der Waals surface area contributed by atoms with Crippen molar-refractivity contribution >= 4 is 35.0 Å². The van der Waals surface area contributed by atoms with Crippen LogP contribution in [-0.2, 0) is 14.3 Å². The van der Waals surface area contributed by atoms with Crippen LogP contribution in [0, 0.1) is 19.8 Å². The smallest absolute Gasteiger partial charge is 0.326 e. The van der Waals surface area contributed by atoms with Crippen molar-refractivity contribution in [3.05, 3.63) is 34.6 Å². The Hall–Kier alpha value is -3.01. The molecule has 9 nitrogen and oxygen atoms in total. The molecular formula is C22H26N4O5S. The average molecular weight is 459 g/mol. The first-order chi connectivity index (χ1) is 15.2. The largest absolute Gasteiger partial charge is 0.456 e. The number of imide groups is 1. The van der Waals surface area contributed by atoms with E-state index in [-0.39, 0.29) is 17.6 Å². The molecular weight excluding hydrogens is 432 g/mol. The number of aryl methyl sites for hydroxylation is 1. The van der Waals surface area contributed by atoms with Crippen LogP contribution >= 0.6 is 11.3 Å². The number of Topliss-reactive ketones (excluding diaryl/α,β-unsaturated/α-hetero) is 1. The van der Waals surface area contributed by atoms with Crippen LogP contribution in [0.1, 0.15) is 54.4 Å². The number of aromatic nitrogens is 2. The van der Waals surface area contributed by atoms with Crippen molar-refractivity contribution in [2.45, 2.75) is 52.0 Å². The number of nitrogens with zero attached hydrogens (tertiary/aromatic N) is 3. The van der Waals surface area contributed by atoms with Crippen molar-refractivity contribution in [3.8, 4) is 5.13 Å². The van der Waals surface area contributed by atoms with Gasteiger partial charge in [0.2, 0.25) is 5.78 Å². The summed E-state index contributed by atoms with van der Waals surface area (Å²) in [5.74, 6) is -1.53. The quantitative estimate of drug-likeness (QED) is 0.405. The fraction of sp³-hybridized carbons (Fsp3) is 0.500. The van der Waals surface area contributed by atoms with E-state index in [9.17, 15) is 19.2 Å². The highest BCUT2D eigenvalue weighted by atomic mass is 32.1. The first kappa shape index (κ1) is 22.2. The molecule has 1 saturated carbocycles. The third-order valence-electron chi connectivity index (χ3n) is 6.50. The van der Waals surface area contributed by atoms with Gasteiger partial charge in [0.05, 0.1) is 0 Å². The number of thiazole rings is 1. The number of esters is 1. The lowest BCUT2D eigenvalue weighted by Gasteiger charge is -2.36. The molecule has 0 aromatic carbocycles. The van der Waals surface area contributed by atoms with Gasteiger partial charge < -0.3 is 10.1 Å². The van der Waals surface area contributed by atoms with Gasteiger partial charge in [-0.05, 0) is 38.7 Å². The molecule has 2 aromatic heterocycles. The van der Waals surface area contributed by atoms with Gasteiger partial charge in [0.1, 0.15) is 12.1 Å². The molecule has 1 aliphatic carbocycles. The first-order valence-corrected chi connectivity index (χ1v) is 11.5. The molecule has 2 atom stereocenters. The van der Waals surface area contributed by atoms with Gasteiger partial charge in [-0.3, -0.25) is 23.9 Å². The number of ether oxygens (including phenoxy) is 1. The maximum absolute atomic E-state index is 13.0. The van der Waals surface area contributed by atoms with Crippen molar-refractivity contribution in [1.82, 2.24) is 19.8 Å². The van der Waals surface area contributed by atoms with Gasteiger partial charge >= 0.3 is 12.0 Å². The van der Waals surface area contributed by atoms with E-state index in [1.165, 1.54) is 11.3 Å². The third kappa shape index (κ3) is 3.72. The van der Waals surface area contributed by atoms with Crippen LogP contribution in [0.15, 0.2) is 17.6 Å². The molecule has 170 valence electrons. The van der Waals surface area contributed by atoms with Crippen LogP contribution < -0.4 is 5.32 Å². The van der Waals surface area contributed by atoms with Gasteiger partial charge in [0.15, 0.2) is 11.7 Å². The molecule has 0 radical (unpaired) electrons. The van der Waals surface area contributed by atoms with Crippen molar-refractivity contribution < 1.29 is 23.9 Å². The molecule has 4 rings (SSSR count). The zero-order valence-corrected chi connectivity index (χ0v) is 19.2. The second-order valence-electron chi connectivity index (χ2n) is 8.46. The number of urea groups is 1. The Balaban J connectivity index is 1.39. The van der Waals surface area contributed by atoms with Crippen LogP contribution in [0.25, 0.3) is 5.13 Å². The minimum atomic E-state index is -0.932. The maximum Gasteiger partial charge on any atom is 0.326 e. The maximum atomic E-state index is 13.0. The predicted octanol–water partition coefficient (Wildman–Crippen LogP) is 2.78. The van der Waals surface area contributed by atoms with Crippen LogP contribution in [-0.4, -0.2) is 56.8 Å². The van der Waals surface area contributed by atoms with E-state index in [4.69, 9.17) is 4.74 Å². The number of hydrogen-bond acceptors (Lipinski definition) is 7. The van der Waals surface area contributed by atoms with Crippen molar-refractivity contribution in [1.29, 1.82) is 0 Å².